The average molecular weight is 300 g/mol. The molecule has 1 aromatic heterocycles. The standard InChI is InChI=1S/C19H24OS/c1-13-8-16(19(3,4)5)9-14(2)18(13)11-17(20)10-15-6-7-21-12-15/h6-9,12H,10-11H2,1-5H3. The van der Waals surface area contributed by atoms with Gasteiger partial charge in [-0.3, -0.25) is 4.79 Å². The highest BCUT2D eigenvalue weighted by atomic mass is 32.1. The number of ketones is 1. The lowest BCUT2D eigenvalue weighted by Crippen LogP contribution is -2.14. The Morgan fingerprint density at radius 2 is 1.71 bits per heavy atom. The summed E-state index contributed by atoms with van der Waals surface area (Å²) in [6.45, 7) is 10.9. The molecule has 0 unspecified atom stereocenters. The molecule has 0 saturated carbocycles. The van der Waals surface area contributed by atoms with Crippen LogP contribution in [-0.2, 0) is 23.1 Å². The highest BCUT2D eigenvalue weighted by molar-refractivity contribution is 7.08. The SMILES string of the molecule is Cc1cc(C(C)(C)C)cc(C)c1CC(=O)Cc1ccsc1. The van der Waals surface area contributed by atoms with Crippen molar-refractivity contribution in [2.24, 2.45) is 0 Å². The first kappa shape index (κ1) is 16.0. The van der Waals surface area contributed by atoms with Crippen molar-refractivity contribution in [1.82, 2.24) is 0 Å². The number of benzene rings is 1. The van der Waals surface area contributed by atoms with E-state index in [4.69, 9.17) is 0 Å². The predicted octanol–water partition coefficient (Wildman–Crippen LogP) is 5.02. The Bertz CT molecular complexity index is 607. The molecule has 0 aliphatic rings. The molecule has 0 amide bonds. The third kappa shape index (κ3) is 4.04. The molecule has 0 spiro atoms. The largest absolute Gasteiger partial charge is 0.299 e. The van der Waals surface area contributed by atoms with Crippen molar-refractivity contribution < 1.29 is 4.79 Å². The summed E-state index contributed by atoms with van der Waals surface area (Å²) in [5.74, 6) is 0.295. The van der Waals surface area contributed by atoms with Crippen LogP contribution in [0, 0.1) is 13.8 Å². The van der Waals surface area contributed by atoms with Crippen LogP contribution in [0.4, 0.5) is 0 Å². The number of aryl methyl sites for hydroxylation is 2. The molecule has 21 heavy (non-hydrogen) atoms. The molecule has 2 rings (SSSR count). The zero-order chi connectivity index (χ0) is 15.6. The second kappa shape index (κ2) is 6.15. The number of rotatable bonds is 4. The minimum absolute atomic E-state index is 0.148. The van der Waals surface area contributed by atoms with Gasteiger partial charge in [0.15, 0.2) is 0 Å². The van der Waals surface area contributed by atoms with Gasteiger partial charge in [-0.1, -0.05) is 32.9 Å². The monoisotopic (exact) mass is 300 g/mol. The Labute approximate surface area is 132 Å². The molecule has 2 heteroatoms. The summed E-state index contributed by atoms with van der Waals surface area (Å²) in [5.41, 5.74) is 6.29. The Hall–Kier alpha value is -1.41. The molecule has 0 aliphatic heterocycles. The summed E-state index contributed by atoms with van der Waals surface area (Å²) >= 11 is 1.65. The first-order valence-corrected chi connectivity index (χ1v) is 8.35. The number of carbonyl (C=O) groups excluding carboxylic acids is 1. The van der Waals surface area contributed by atoms with Crippen molar-refractivity contribution in [1.29, 1.82) is 0 Å². The van der Waals surface area contributed by atoms with Gasteiger partial charge >= 0.3 is 0 Å². The van der Waals surface area contributed by atoms with Crippen LogP contribution in [0.15, 0.2) is 29.0 Å². The van der Waals surface area contributed by atoms with Gasteiger partial charge in [-0.15, -0.1) is 0 Å². The fraction of sp³-hybridized carbons (Fsp3) is 0.421. The maximum absolute atomic E-state index is 12.3. The van der Waals surface area contributed by atoms with Crippen LogP contribution in [0.3, 0.4) is 0 Å². The summed E-state index contributed by atoms with van der Waals surface area (Å²) in [4.78, 5) is 12.3. The second-order valence-electron chi connectivity index (χ2n) is 6.86. The lowest BCUT2D eigenvalue weighted by atomic mass is 9.83. The van der Waals surface area contributed by atoms with Crippen molar-refractivity contribution >= 4 is 17.1 Å². The third-order valence-corrected chi connectivity index (χ3v) is 4.65. The summed E-state index contributed by atoms with van der Waals surface area (Å²) in [7, 11) is 0. The first-order valence-electron chi connectivity index (χ1n) is 7.41. The van der Waals surface area contributed by atoms with E-state index in [1.165, 1.54) is 22.3 Å². The van der Waals surface area contributed by atoms with E-state index >= 15 is 0 Å². The quantitative estimate of drug-likeness (QED) is 0.775. The van der Waals surface area contributed by atoms with Crippen LogP contribution in [-0.4, -0.2) is 5.78 Å². The predicted molar refractivity (Wildman–Crippen MR) is 91.4 cm³/mol. The molecule has 0 N–H and O–H groups in total. The highest BCUT2D eigenvalue weighted by Gasteiger charge is 2.17. The van der Waals surface area contributed by atoms with Crippen LogP contribution in [0.5, 0.6) is 0 Å². The molecule has 1 aromatic carbocycles. The minimum Gasteiger partial charge on any atom is -0.299 e. The van der Waals surface area contributed by atoms with Crippen molar-refractivity contribution in [2.75, 3.05) is 0 Å². The molecular weight excluding hydrogens is 276 g/mol. The van der Waals surface area contributed by atoms with E-state index < -0.39 is 0 Å². The number of hydrogen-bond acceptors (Lipinski definition) is 2. The fourth-order valence-electron chi connectivity index (χ4n) is 2.59. The molecule has 0 saturated heterocycles. The molecule has 2 aromatic rings. The van der Waals surface area contributed by atoms with E-state index in [1.807, 2.05) is 11.4 Å². The normalized spacial score (nSPS) is 11.7. The minimum atomic E-state index is 0.148. The van der Waals surface area contributed by atoms with E-state index in [2.05, 4.69) is 52.1 Å². The Morgan fingerprint density at radius 3 is 2.19 bits per heavy atom. The van der Waals surface area contributed by atoms with Gasteiger partial charge in [0, 0.05) is 12.8 Å². The Kier molecular flexibility index (Phi) is 4.67. The zero-order valence-corrected chi connectivity index (χ0v) is 14.4. The van der Waals surface area contributed by atoms with E-state index in [0.717, 1.165) is 5.56 Å². The second-order valence-corrected chi connectivity index (χ2v) is 7.64. The molecule has 1 nitrogen and oxygen atoms in total. The van der Waals surface area contributed by atoms with Gasteiger partial charge in [-0.25, -0.2) is 0 Å². The summed E-state index contributed by atoms with van der Waals surface area (Å²) in [6.07, 6.45) is 1.08. The molecule has 0 bridgehead atoms. The van der Waals surface area contributed by atoms with Crippen molar-refractivity contribution in [3.05, 3.63) is 56.8 Å². The summed E-state index contributed by atoms with van der Waals surface area (Å²) in [6, 6.07) is 6.51. The number of Topliss-reactive ketones (excluding diaryl/α,β-unsaturated/α-hetero) is 1. The van der Waals surface area contributed by atoms with Gasteiger partial charge in [0.2, 0.25) is 0 Å². The van der Waals surface area contributed by atoms with E-state index in [0.29, 0.717) is 18.6 Å². The summed E-state index contributed by atoms with van der Waals surface area (Å²) in [5, 5.41) is 4.08. The molecule has 0 fully saturated rings. The fourth-order valence-corrected chi connectivity index (χ4v) is 3.25. The van der Waals surface area contributed by atoms with E-state index in [1.54, 1.807) is 11.3 Å². The lowest BCUT2D eigenvalue weighted by Gasteiger charge is -2.22. The third-order valence-electron chi connectivity index (χ3n) is 3.92. The molecular formula is C19H24OS. The summed E-state index contributed by atoms with van der Waals surface area (Å²) < 4.78 is 0. The van der Waals surface area contributed by atoms with Gasteiger partial charge in [0.05, 0.1) is 0 Å². The van der Waals surface area contributed by atoms with Crippen LogP contribution in [0.2, 0.25) is 0 Å². The van der Waals surface area contributed by atoms with Gasteiger partial charge in [0.1, 0.15) is 5.78 Å². The Morgan fingerprint density at radius 1 is 1.10 bits per heavy atom. The van der Waals surface area contributed by atoms with Crippen LogP contribution >= 0.6 is 11.3 Å². The van der Waals surface area contributed by atoms with Gasteiger partial charge < -0.3 is 0 Å². The van der Waals surface area contributed by atoms with Crippen molar-refractivity contribution in [3.63, 3.8) is 0 Å². The molecule has 0 aliphatic carbocycles. The zero-order valence-electron chi connectivity index (χ0n) is 13.6. The maximum atomic E-state index is 12.3. The number of hydrogen-bond donors (Lipinski definition) is 0. The Balaban J connectivity index is 2.19. The van der Waals surface area contributed by atoms with Crippen molar-refractivity contribution in [3.8, 4) is 0 Å². The van der Waals surface area contributed by atoms with Crippen LogP contribution < -0.4 is 0 Å². The average Bonchev–Trinajstić information content (AvgIpc) is 2.85. The molecule has 1 heterocycles. The number of thiophene rings is 1. The van der Waals surface area contributed by atoms with Gasteiger partial charge in [-0.2, -0.15) is 11.3 Å². The van der Waals surface area contributed by atoms with Crippen LogP contribution in [0.25, 0.3) is 0 Å². The first-order chi connectivity index (χ1) is 9.77. The molecule has 112 valence electrons. The smallest absolute Gasteiger partial charge is 0.141 e. The van der Waals surface area contributed by atoms with Crippen LogP contribution in [0.1, 0.15) is 48.6 Å². The molecule has 0 atom stereocenters. The maximum Gasteiger partial charge on any atom is 0.141 e. The highest BCUT2D eigenvalue weighted by Crippen LogP contribution is 2.27. The van der Waals surface area contributed by atoms with Crippen molar-refractivity contribution in [2.45, 2.75) is 52.9 Å². The van der Waals surface area contributed by atoms with E-state index in [9.17, 15) is 4.79 Å². The van der Waals surface area contributed by atoms with Gasteiger partial charge in [0.25, 0.3) is 0 Å². The van der Waals surface area contributed by atoms with Gasteiger partial charge in [-0.05, 0) is 63.9 Å². The van der Waals surface area contributed by atoms with E-state index in [-0.39, 0.29) is 5.41 Å². The molecule has 0 radical (unpaired) electrons. The lowest BCUT2D eigenvalue weighted by molar-refractivity contribution is -0.117. The topological polar surface area (TPSA) is 17.1 Å². The number of carbonyl (C=O) groups is 1.